The molecule has 3 atom stereocenters. The number of halogens is 2. The fourth-order valence-corrected chi connectivity index (χ4v) is 5.66. The molecule has 1 unspecified atom stereocenters. The van der Waals surface area contributed by atoms with Gasteiger partial charge in [0.05, 0.1) is 35.8 Å². The summed E-state index contributed by atoms with van der Waals surface area (Å²) in [5.74, 6) is -0.764. The number of carbonyl (C=O) groups excluding carboxylic acids is 1. The molecule has 0 radical (unpaired) electrons. The predicted octanol–water partition coefficient (Wildman–Crippen LogP) is 6.73. The van der Waals surface area contributed by atoms with Gasteiger partial charge in [0.1, 0.15) is 17.6 Å². The zero-order chi connectivity index (χ0) is 29.1. The summed E-state index contributed by atoms with van der Waals surface area (Å²) in [6.07, 6.45) is 1.09. The number of amidine groups is 1. The second kappa shape index (κ2) is 12.2. The molecule has 1 saturated heterocycles. The van der Waals surface area contributed by atoms with Crippen LogP contribution >= 0.6 is 23.2 Å². The van der Waals surface area contributed by atoms with Gasteiger partial charge in [-0.2, -0.15) is 5.26 Å². The number of carbonyl (C=O) groups is 2. The van der Waals surface area contributed by atoms with Gasteiger partial charge in [0.25, 0.3) is 0 Å². The third-order valence-electron chi connectivity index (χ3n) is 7.39. The van der Waals surface area contributed by atoms with E-state index < -0.39 is 24.0 Å². The van der Waals surface area contributed by atoms with Crippen LogP contribution in [0, 0.1) is 17.2 Å². The number of urea groups is 1. The van der Waals surface area contributed by atoms with E-state index in [9.17, 15) is 20.0 Å². The van der Waals surface area contributed by atoms with Crippen molar-refractivity contribution < 1.29 is 19.4 Å². The van der Waals surface area contributed by atoms with E-state index in [-0.39, 0.29) is 12.6 Å². The molecule has 5 rings (SSSR count). The van der Waals surface area contributed by atoms with E-state index in [0.29, 0.717) is 58.8 Å². The molecule has 1 N–H and O–H groups in total. The van der Waals surface area contributed by atoms with Crippen LogP contribution in [0.5, 0.6) is 5.75 Å². The lowest BCUT2D eigenvalue weighted by atomic mass is 9.93. The third kappa shape index (κ3) is 5.88. The van der Waals surface area contributed by atoms with Crippen molar-refractivity contribution in [3.63, 3.8) is 0 Å². The van der Waals surface area contributed by atoms with Crippen molar-refractivity contribution in [1.82, 2.24) is 9.80 Å². The van der Waals surface area contributed by atoms with Crippen molar-refractivity contribution in [1.29, 1.82) is 5.26 Å². The quantitative estimate of drug-likeness (QED) is 0.342. The molecule has 8 nitrogen and oxygen atoms in total. The van der Waals surface area contributed by atoms with Crippen LogP contribution in [0.15, 0.2) is 71.7 Å². The first-order valence-corrected chi connectivity index (χ1v) is 14.1. The Morgan fingerprint density at radius 1 is 1.05 bits per heavy atom. The molecule has 3 aromatic carbocycles. The van der Waals surface area contributed by atoms with Crippen LogP contribution in [-0.2, 0) is 4.79 Å². The number of carboxylic acid groups (broad SMARTS) is 1. The third-order valence-corrected chi connectivity index (χ3v) is 7.89. The SMILES string of the molecule is CCOc1cc(C#N)ccc1C1=N[C@@H](c2ccc(Cl)cc2)[C@@H](c2ccc(Cl)cc2)N1C(=O)N1CCCC(C(=O)O)C1. The van der Waals surface area contributed by atoms with Gasteiger partial charge in [0.2, 0.25) is 0 Å². The van der Waals surface area contributed by atoms with Gasteiger partial charge in [-0.1, -0.05) is 47.5 Å². The first-order chi connectivity index (χ1) is 19.8. The molecule has 2 aliphatic rings. The summed E-state index contributed by atoms with van der Waals surface area (Å²) in [6, 6.07) is 20.3. The summed E-state index contributed by atoms with van der Waals surface area (Å²) in [7, 11) is 0. The van der Waals surface area contributed by atoms with Gasteiger partial charge in [0, 0.05) is 23.1 Å². The van der Waals surface area contributed by atoms with Crippen LogP contribution in [0.4, 0.5) is 4.79 Å². The largest absolute Gasteiger partial charge is 0.493 e. The number of nitrogens with zero attached hydrogens (tertiary/aromatic N) is 4. The molecule has 0 aromatic heterocycles. The Balaban J connectivity index is 1.69. The fraction of sp³-hybridized carbons (Fsp3) is 0.290. The zero-order valence-corrected chi connectivity index (χ0v) is 23.8. The highest BCUT2D eigenvalue weighted by Gasteiger charge is 2.45. The molecule has 0 spiro atoms. The Bertz CT molecular complexity index is 1520. The molecule has 2 amide bonds. The number of aliphatic carboxylic acids is 1. The topological polar surface area (TPSA) is 106 Å². The minimum atomic E-state index is -0.920. The molecule has 3 aromatic rings. The highest BCUT2D eigenvalue weighted by atomic mass is 35.5. The molecular weight excluding hydrogens is 563 g/mol. The summed E-state index contributed by atoms with van der Waals surface area (Å²) in [5, 5.41) is 20.4. The van der Waals surface area contributed by atoms with Crippen molar-refractivity contribution in [2.75, 3.05) is 19.7 Å². The average Bonchev–Trinajstić information content (AvgIpc) is 3.38. The van der Waals surface area contributed by atoms with Gasteiger partial charge in [-0.15, -0.1) is 0 Å². The summed E-state index contributed by atoms with van der Waals surface area (Å²) in [4.78, 5) is 34.7. The lowest BCUT2D eigenvalue weighted by Gasteiger charge is -2.37. The highest BCUT2D eigenvalue weighted by Crippen LogP contribution is 2.45. The van der Waals surface area contributed by atoms with Crippen molar-refractivity contribution in [3.8, 4) is 11.8 Å². The van der Waals surface area contributed by atoms with Crippen LogP contribution in [-0.4, -0.2) is 52.4 Å². The minimum Gasteiger partial charge on any atom is -0.493 e. The van der Waals surface area contributed by atoms with Crippen LogP contribution in [0.25, 0.3) is 0 Å². The van der Waals surface area contributed by atoms with Crippen LogP contribution in [0.2, 0.25) is 10.0 Å². The van der Waals surface area contributed by atoms with Gasteiger partial charge in [-0.05, 0) is 73.4 Å². The van der Waals surface area contributed by atoms with E-state index in [1.54, 1.807) is 52.3 Å². The van der Waals surface area contributed by atoms with E-state index in [2.05, 4.69) is 6.07 Å². The Hall–Kier alpha value is -4.06. The second-order valence-corrected chi connectivity index (χ2v) is 10.9. The second-order valence-electron chi connectivity index (χ2n) is 9.98. The Morgan fingerprint density at radius 3 is 2.32 bits per heavy atom. The molecule has 10 heteroatoms. The Kier molecular flexibility index (Phi) is 8.48. The Morgan fingerprint density at radius 2 is 1.71 bits per heavy atom. The standard InChI is InChI=1S/C31H28Cl2N4O4/c1-2-41-26-16-19(17-34)5-14-25(26)29-35-27(20-6-10-23(32)11-7-20)28(21-8-12-24(33)13-9-21)37(29)31(40)36-15-3-4-22(18-36)30(38)39/h5-14,16,22,27-28H,2-4,15,18H2,1H3,(H,38,39)/t22?,27-,28+/m0/s1. The molecule has 2 heterocycles. The molecular formula is C31H28Cl2N4O4. The molecule has 41 heavy (non-hydrogen) atoms. The maximum atomic E-state index is 14.5. The molecule has 0 aliphatic carbocycles. The number of aliphatic imine (C=N–C) groups is 1. The van der Waals surface area contributed by atoms with Gasteiger partial charge in [-0.3, -0.25) is 14.7 Å². The number of carboxylic acids is 1. The van der Waals surface area contributed by atoms with E-state index in [0.717, 1.165) is 11.1 Å². The number of amides is 2. The van der Waals surface area contributed by atoms with Crippen molar-refractivity contribution in [2.45, 2.75) is 31.8 Å². The zero-order valence-electron chi connectivity index (χ0n) is 22.3. The number of nitriles is 1. The maximum absolute atomic E-state index is 14.5. The number of ether oxygens (including phenoxy) is 1. The first-order valence-electron chi connectivity index (χ1n) is 13.4. The lowest BCUT2D eigenvalue weighted by Crippen LogP contribution is -2.51. The number of benzene rings is 3. The van der Waals surface area contributed by atoms with Gasteiger partial charge >= 0.3 is 12.0 Å². The van der Waals surface area contributed by atoms with Gasteiger partial charge < -0.3 is 14.7 Å². The maximum Gasteiger partial charge on any atom is 0.326 e. The lowest BCUT2D eigenvalue weighted by molar-refractivity contribution is -0.143. The van der Waals surface area contributed by atoms with Crippen molar-refractivity contribution in [2.24, 2.45) is 10.9 Å². The van der Waals surface area contributed by atoms with Gasteiger partial charge in [-0.25, -0.2) is 4.79 Å². The van der Waals surface area contributed by atoms with Crippen molar-refractivity contribution >= 4 is 41.0 Å². The van der Waals surface area contributed by atoms with Crippen LogP contribution in [0.3, 0.4) is 0 Å². The number of hydrogen-bond donors (Lipinski definition) is 1. The van der Waals surface area contributed by atoms with E-state index >= 15 is 0 Å². The summed E-state index contributed by atoms with van der Waals surface area (Å²) in [6.45, 7) is 2.71. The Labute approximate surface area is 248 Å². The normalized spacial score (nSPS) is 20.3. The van der Waals surface area contributed by atoms with Gasteiger partial charge in [0.15, 0.2) is 0 Å². The monoisotopic (exact) mass is 590 g/mol. The van der Waals surface area contributed by atoms with E-state index in [1.165, 1.54) is 0 Å². The molecule has 0 saturated carbocycles. The molecule has 0 bridgehead atoms. The average molecular weight is 591 g/mol. The number of hydrogen-bond acceptors (Lipinski definition) is 5. The van der Waals surface area contributed by atoms with E-state index in [1.807, 2.05) is 31.2 Å². The summed E-state index contributed by atoms with van der Waals surface area (Å²) < 4.78 is 5.93. The predicted molar refractivity (Wildman–Crippen MR) is 156 cm³/mol. The summed E-state index contributed by atoms with van der Waals surface area (Å²) in [5.41, 5.74) is 2.62. The highest BCUT2D eigenvalue weighted by molar-refractivity contribution is 6.30. The van der Waals surface area contributed by atoms with E-state index in [4.69, 9.17) is 32.9 Å². The van der Waals surface area contributed by atoms with Crippen LogP contribution < -0.4 is 4.74 Å². The molecule has 210 valence electrons. The first kappa shape index (κ1) is 28.5. The smallest absolute Gasteiger partial charge is 0.326 e. The van der Waals surface area contributed by atoms with Crippen molar-refractivity contribution in [3.05, 3.63) is 99.0 Å². The fourth-order valence-electron chi connectivity index (χ4n) is 5.41. The number of rotatable bonds is 6. The number of likely N-dealkylation sites (tertiary alicyclic amines) is 1. The molecule has 2 aliphatic heterocycles. The molecule has 1 fully saturated rings. The van der Waals surface area contributed by atoms with Crippen LogP contribution in [0.1, 0.15) is 54.1 Å². The number of piperidine rings is 1. The summed E-state index contributed by atoms with van der Waals surface area (Å²) >= 11 is 12.4. The minimum absolute atomic E-state index is 0.0998.